The van der Waals surface area contributed by atoms with Gasteiger partial charge >= 0.3 is 0 Å². The lowest BCUT2D eigenvalue weighted by molar-refractivity contribution is -0.114. The van der Waals surface area contributed by atoms with Crippen LogP contribution < -0.4 is 5.73 Å². The molecule has 0 saturated carbocycles. The Bertz CT molecular complexity index is 601. The minimum Gasteiger partial charge on any atom is -0.366 e. The van der Waals surface area contributed by atoms with Gasteiger partial charge in [0.25, 0.3) is 0 Å². The van der Waals surface area contributed by atoms with E-state index in [0.29, 0.717) is 12.0 Å². The molecule has 0 aliphatic heterocycles. The molecule has 0 unspecified atom stereocenters. The van der Waals surface area contributed by atoms with E-state index < -0.39 is 15.7 Å². The average Bonchev–Trinajstić information content (AvgIpc) is 2.35. The van der Waals surface area contributed by atoms with E-state index in [-0.39, 0.29) is 22.1 Å². The van der Waals surface area contributed by atoms with Crippen molar-refractivity contribution in [3.63, 3.8) is 0 Å². The highest BCUT2D eigenvalue weighted by Crippen LogP contribution is 2.24. The van der Waals surface area contributed by atoms with E-state index in [0.717, 1.165) is 0 Å². The van der Waals surface area contributed by atoms with Crippen molar-refractivity contribution in [3.8, 4) is 0 Å². The summed E-state index contributed by atoms with van der Waals surface area (Å²) >= 11 is 0. The van der Waals surface area contributed by atoms with Crippen LogP contribution in [0.25, 0.3) is 0 Å². The minimum absolute atomic E-state index is 0.111. The lowest BCUT2D eigenvalue weighted by atomic mass is 10.1. The molecule has 0 fully saturated rings. The Morgan fingerprint density at radius 2 is 1.75 bits per heavy atom. The Hall–Kier alpha value is -1.62. The van der Waals surface area contributed by atoms with Crippen LogP contribution >= 0.6 is 0 Å². The molecule has 0 aliphatic carbocycles. The zero-order valence-corrected chi connectivity index (χ0v) is 12.9. The van der Waals surface area contributed by atoms with Crippen LogP contribution in [0.5, 0.6) is 0 Å². The number of hydrogen-bond donors (Lipinski definition) is 1. The van der Waals surface area contributed by atoms with Crippen LogP contribution in [0.4, 0.5) is 0 Å². The van der Waals surface area contributed by atoms with Gasteiger partial charge in [-0.15, -0.1) is 0 Å². The number of amides is 1. The first-order chi connectivity index (χ1) is 9.24. The largest absolute Gasteiger partial charge is 0.366 e. The number of allylic oxidation sites excluding steroid dienone is 1. The molecular weight excluding hydrogens is 274 g/mol. The fourth-order valence-electron chi connectivity index (χ4n) is 1.90. The number of rotatable bonds is 6. The number of carbonyl (C=O) groups is 1. The highest BCUT2D eigenvalue weighted by Gasteiger charge is 2.23. The van der Waals surface area contributed by atoms with Crippen LogP contribution in [0.1, 0.15) is 32.8 Å². The molecule has 1 aromatic carbocycles. The highest BCUT2D eigenvalue weighted by molar-refractivity contribution is 7.94. The summed E-state index contributed by atoms with van der Waals surface area (Å²) in [6.45, 7) is 5.29. The van der Waals surface area contributed by atoms with Crippen molar-refractivity contribution in [1.82, 2.24) is 0 Å². The molecule has 2 N–H and O–H groups in total. The zero-order chi connectivity index (χ0) is 15.3. The maximum absolute atomic E-state index is 12.5. The topological polar surface area (TPSA) is 77.2 Å². The van der Waals surface area contributed by atoms with Crippen molar-refractivity contribution in [2.75, 3.05) is 0 Å². The van der Waals surface area contributed by atoms with Gasteiger partial charge in [-0.1, -0.05) is 44.2 Å². The van der Waals surface area contributed by atoms with Crippen LogP contribution in [0.15, 0.2) is 40.8 Å². The van der Waals surface area contributed by atoms with Gasteiger partial charge in [-0.3, -0.25) is 4.79 Å². The second kappa shape index (κ2) is 6.70. The van der Waals surface area contributed by atoms with Gasteiger partial charge in [-0.25, -0.2) is 8.42 Å². The van der Waals surface area contributed by atoms with E-state index in [4.69, 9.17) is 5.73 Å². The predicted molar refractivity (Wildman–Crippen MR) is 80.4 cm³/mol. The van der Waals surface area contributed by atoms with E-state index in [9.17, 15) is 13.2 Å². The SMILES string of the molecule is CC(C(N)=O)=C(CC(C)C)S(=O)(=O)Cc1ccccc1. The molecule has 0 aromatic heterocycles. The number of carbonyl (C=O) groups excluding carboxylic acids is 1. The lowest BCUT2D eigenvalue weighted by Crippen LogP contribution is -2.19. The molecule has 1 rings (SSSR count). The fourth-order valence-corrected chi connectivity index (χ4v) is 3.86. The minimum atomic E-state index is -3.54. The molecule has 0 atom stereocenters. The number of primary amides is 1. The Morgan fingerprint density at radius 1 is 1.20 bits per heavy atom. The van der Waals surface area contributed by atoms with Gasteiger partial charge in [0.1, 0.15) is 0 Å². The molecule has 0 bridgehead atoms. The van der Waals surface area contributed by atoms with Gasteiger partial charge in [-0.2, -0.15) is 0 Å². The standard InChI is InChI=1S/C15H21NO3S/c1-11(2)9-14(12(3)15(16)17)20(18,19)10-13-7-5-4-6-8-13/h4-8,11H,9-10H2,1-3H3,(H2,16,17). The van der Waals surface area contributed by atoms with E-state index in [1.165, 1.54) is 6.92 Å². The van der Waals surface area contributed by atoms with Crippen molar-refractivity contribution < 1.29 is 13.2 Å². The Labute approximate surface area is 120 Å². The first-order valence-electron chi connectivity index (χ1n) is 6.50. The third-order valence-corrected chi connectivity index (χ3v) is 4.89. The molecular formula is C15H21NO3S. The zero-order valence-electron chi connectivity index (χ0n) is 12.1. The smallest absolute Gasteiger partial charge is 0.245 e. The fraction of sp³-hybridized carbons (Fsp3) is 0.400. The van der Waals surface area contributed by atoms with E-state index >= 15 is 0 Å². The third-order valence-electron chi connectivity index (χ3n) is 2.96. The van der Waals surface area contributed by atoms with E-state index in [1.54, 1.807) is 24.3 Å². The van der Waals surface area contributed by atoms with Crippen molar-refractivity contribution in [3.05, 3.63) is 46.4 Å². The second-order valence-corrected chi connectivity index (χ2v) is 7.27. The molecule has 5 heteroatoms. The summed E-state index contributed by atoms with van der Waals surface area (Å²) in [4.78, 5) is 11.5. The first kappa shape index (κ1) is 16.4. The van der Waals surface area contributed by atoms with E-state index in [2.05, 4.69) is 0 Å². The molecule has 0 radical (unpaired) electrons. The van der Waals surface area contributed by atoms with Gasteiger partial charge < -0.3 is 5.73 Å². The molecule has 0 heterocycles. The maximum atomic E-state index is 12.5. The van der Waals surface area contributed by atoms with Crippen molar-refractivity contribution in [2.24, 2.45) is 11.7 Å². The Kier molecular flexibility index (Phi) is 5.51. The summed E-state index contributed by atoms with van der Waals surface area (Å²) in [6.07, 6.45) is 0.323. The van der Waals surface area contributed by atoms with Crippen molar-refractivity contribution in [2.45, 2.75) is 32.9 Å². The average molecular weight is 295 g/mol. The maximum Gasteiger partial charge on any atom is 0.245 e. The van der Waals surface area contributed by atoms with Crippen LogP contribution in [0.3, 0.4) is 0 Å². The summed E-state index contributed by atoms with van der Waals surface area (Å²) < 4.78 is 25.0. The van der Waals surface area contributed by atoms with E-state index in [1.807, 2.05) is 19.9 Å². The summed E-state index contributed by atoms with van der Waals surface area (Å²) in [5.41, 5.74) is 6.08. The Morgan fingerprint density at radius 3 is 2.20 bits per heavy atom. The monoisotopic (exact) mass is 295 g/mol. The molecule has 4 nitrogen and oxygen atoms in total. The quantitative estimate of drug-likeness (QED) is 0.819. The van der Waals surface area contributed by atoms with Crippen LogP contribution in [-0.2, 0) is 20.4 Å². The van der Waals surface area contributed by atoms with Crippen molar-refractivity contribution in [1.29, 1.82) is 0 Å². The number of hydrogen-bond acceptors (Lipinski definition) is 3. The lowest BCUT2D eigenvalue weighted by Gasteiger charge is -2.14. The molecule has 1 amide bonds. The summed E-state index contributed by atoms with van der Waals surface area (Å²) in [5.74, 6) is -0.664. The molecule has 20 heavy (non-hydrogen) atoms. The second-order valence-electron chi connectivity index (χ2n) is 5.26. The molecule has 1 aromatic rings. The Balaban J connectivity index is 3.19. The molecule has 0 saturated heterocycles. The number of sulfone groups is 1. The third kappa shape index (κ3) is 4.49. The predicted octanol–water partition coefficient (Wildman–Crippen LogP) is 2.41. The van der Waals surface area contributed by atoms with Crippen LogP contribution in [-0.4, -0.2) is 14.3 Å². The molecule has 0 spiro atoms. The van der Waals surface area contributed by atoms with Gasteiger partial charge in [-0.05, 0) is 24.8 Å². The number of benzene rings is 1. The highest BCUT2D eigenvalue weighted by atomic mass is 32.2. The van der Waals surface area contributed by atoms with Gasteiger partial charge in [0.05, 0.1) is 10.7 Å². The summed E-state index contributed by atoms with van der Waals surface area (Å²) in [6, 6.07) is 8.92. The molecule has 0 aliphatic rings. The normalized spacial score (nSPS) is 13.2. The van der Waals surface area contributed by atoms with Gasteiger partial charge in [0, 0.05) is 5.57 Å². The van der Waals surface area contributed by atoms with Crippen molar-refractivity contribution >= 4 is 15.7 Å². The number of nitrogens with two attached hydrogens (primary N) is 1. The van der Waals surface area contributed by atoms with Gasteiger partial charge in [0.2, 0.25) is 5.91 Å². The first-order valence-corrected chi connectivity index (χ1v) is 8.15. The molecule has 110 valence electrons. The summed E-state index contributed by atoms with van der Waals surface area (Å²) in [7, 11) is -3.54. The van der Waals surface area contributed by atoms with Crippen LogP contribution in [0, 0.1) is 5.92 Å². The van der Waals surface area contributed by atoms with Gasteiger partial charge in [0.15, 0.2) is 9.84 Å². The van der Waals surface area contributed by atoms with Crippen LogP contribution in [0.2, 0.25) is 0 Å². The summed E-state index contributed by atoms with van der Waals surface area (Å²) in [5, 5.41) is 0.